The third kappa shape index (κ3) is 3.81. The number of nitrogens with zero attached hydrogens (tertiary/aromatic N) is 6. The van der Waals surface area contributed by atoms with Gasteiger partial charge in [0.1, 0.15) is 5.69 Å². The second-order valence-electron chi connectivity index (χ2n) is 6.55. The van der Waals surface area contributed by atoms with E-state index < -0.39 is 11.2 Å². The molecule has 0 saturated heterocycles. The minimum absolute atomic E-state index is 0.0529. The number of allylic oxidation sites excluding steroid dienone is 1. The average Bonchev–Trinajstić information content (AvgIpc) is 3.38. The van der Waals surface area contributed by atoms with E-state index in [1.165, 1.54) is 9.13 Å². The molecule has 0 unspecified atom stereocenters. The predicted molar refractivity (Wildman–Crippen MR) is 110 cm³/mol. The largest absolute Gasteiger partial charge is 0.339 e. The van der Waals surface area contributed by atoms with Gasteiger partial charge in [0.05, 0.1) is 0 Å². The predicted octanol–water partition coefficient (Wildman–Crippen LogP) is 2.19. The summed E-state index contributed by atoms with van der Waals surface area (Å²) in [5.41, 5.74) is 0.140. The van der Waals surface area contributed by atoms with E-state index in [1.807, 2.05) is 12.1 Å². The summed E-state index contributed by atoms with van der Waals surface area (Å²) in [4.78, 5) is 40.7. The number of rotatable bonds is 8. The zero-order valence-electron chi connectivity index (χ0n) is 15.9. The first-order valence-electron chi connectivity index (χ1n) is 9.32. The molecule has 0 aliphatic rings. The summed E-state index contributed by atoms with van der Waals surface area (Å²) in [7, 11) is 0. The average molecular weight is 428 g/mol. The summed E-state index contributed by atoms with van der Waals surface area (Å²) >= 11 is 5.89. The van der Waals surface area contributed by atoms with Crippen LogP contribution in [0.5, 0.6) is 0 Å². The molecule has 0 saturated carbocycles. The molecule has 0 aliphatic heterocycles. The van der Waals surface area contributed by atoms with Crippen LogP contribution in [0.4, 0.5) is 0 Å². The number of fused-ring (bicyclic) bond motifs is 1. The molecule has 0 bridgehead atoms. The Balaban J connectivity index is 1.47. The molecule has 0 fully saturated rings. The van der Waals surface area contributed by atoms with Gasteiger partial charge in [0.25, 0.3) is 5.56 Å². The number of nitrogens with one attached hydrogen (secondary N) is 1. The van der Waals surface area contributed by atoms with Crippen molar-refractivity contribution in [3.05, 3.63) is 69.1 Å². The minimum Gasteiger partial charge on any atom is -0.339 e. The summed E-state index contributed by atoms with van der Waals surface area (Å²) < 4.78 is 7.79. The summed E-state index contributed by atoms with van der Waals surface area (Å²) in [5.74, 6) is 0.901. The molecule has 4 aromatic rings. The number of aromatic nitrogens is 7. The molecular weight excluding hydrogens is 410 g/mol. The Morgan fingerprint density at radius 3 is 2.83 bits per heavy atom. The van der Waals surface area contributed by atoms with E-state index in [2.05, 4.69) is 31.7 Å². The van der Waals surface area contributed by atoms with Gasteiger partial charge >= 0.3 is 5.69 Å². The number of aryl methyl sites for hydroxylation is 1. The number of unbranched alkanes of at least 4 members (excludes halogenated alkanes) is 1. The fourth-order valence-electron chi connectivity index (χ4n) is 3.13. The van der Waals surface area contributed by atoms with Crippen molar-refractivity contribution in [3.8, 4) is 11.5 Å². The van der Waals surface area contributed by atoms with Gasteiger partial charge in [0, 0.05) is 25.7 Å². The molecule has 0 atom stereocenters. The molecule has 0 spiro atoms. The Kier molecular flexibility index (Phi) is 5.57. The van der Waals surface area contributed by atoms with Gasteiger partial charge in [-0.1, -0.05) is 17.3 Å². The molecule has 4 rings (SSSR count). The van der Waals surface area contributed by atoms with Crippen molar-refractivity contribution in [2.45, 2.75) is 32.4 Å². The number of imidazole rings is 1. The second-order valence-corrected chi connectivity index (χ2v) is 6.91. The number of hydrogen-bond acceptors (Lipinski definition) is 7. The van der Waals surface area contributed by atoms with Crippen LogP contribution in [0.15, 0.2) is 51.2 Å². The fraction of sp³-hybridized carbons (Fsp3) is 0.263. The van der Waals surface area contributed by atoms with Crippen molar-refractivity contribution in [1.82, 2.24) is 34.2 Å². The van der Waals surface area contributed by atoms with Crippen LogP contribution in [-0.4, -0.2) is 34.2 Å². The first-order chi connectivity index (χ1) is 14.6. The van der Waals surface area contributed by atoms with Gasteiger partial charge in [-0.15, -0.1) is 6.58 Å². The highest BCUT2D eigenvalue weighted by Gasteiger charge is 2.16. The molecular formula is C19H18ClN7O3. The van der Waals surface area contributed by atoms with Gasteiger partial charge in [0.15, 0.2) is 11.2 Å². The summed E-state index contributed by atoms with van der Waals surface area (Å²) in [5, 5.41) is 3.98. The van der Waals surface area contributed by atoms with E-state index in [1.54, 1.807) is 18.3 Å². The molecule has 0 aromatic carbocycles. The maximum atomic E-state index is 12.8. The Labute approximate surface area is 174 Å². The second kappa shape index (κ2) is 8.46. The normalized spacial score (nSPS) is 11.2. The first-order valence-corrected chi connectivity index (χ1v) is 9.70. The Hall–Kier alpha value is -3.53. The standard InChI is InChI=1S/C19H18ClN7O3/c1-2-10-26-16-14(23-18(20)24-16)17(28)27(19(26)29)11-6-4-8-13-22-15(25-30-13)12-7-3-5-9-21-12/h2-3,5,7,9H,1,4,6,8,10-11H2,(H,23,24). The molecule has 4 heterocycles. The molecule has 1 N–H and O–H groups in total. The third-order valence-corrected chi connectivity index (χ3v) is 4.71. The van der Waals surface area contributed by atoms with Gasteiger partial charge in [-0.3, -0.25) is 18.9 Å². The van der Waals surface area contributed by atoms with Crippen LogP contribution in [0.2, 0.25) is 5.28 Å². The van der Waals surface area contributed by atoms with Gasteiger partial charge in [-0.05, 0) is 36.6 Å². The maximum Gasteiger partial charge on any atom is 0.333 e. The van der Waals surface area contributed by atoms with Crippen LogP contribution < -0.4 is 11.2 Å². The summed E-state index contributed by atoms with van der Waals surface area (Å²) in [6.07, 6.45) is 4.96. The number of H-pyrrole nitrogens is 1. The van der Waals surface area contributed by atoms with Crippen LogP contribution in [-0.2, 0) is 19.5 Å². The Bertz CT molecular complexity index is 1300. The smallest absolute Gasteiger partial charge is 0.333 e. The molecule has 11 heteroatoms. The lowest BCUT2D eigenvalue weighted by atomic mass is 10.2. The first kappa shape index (κ1) is 19.8. The SMILES string of the molecule is C=CCn1c(=O)n(CCCCc2nc(-c3ccccn3)no2)c(=O)c2[nH]c(Cl)nc21. The molecule has 30 heavy (non-hydrogen) atoms. The van der Waals surface area contributed by atoms with Crippen molar-refractivity contribution in [1.29, 1.82) is 0 Å². The third-order valence-electron chi connectivity index (χ3n) is 4.53. The van der Waals surface area contributed by atoms with Crippen LogP contribution >= 0.6 is 11.6 Å². The van der Waals surface area contributed by atoms with Gasteiger partial charge < -0.3 is 9.51 Å². The quantitative estimate of drug-likeness (QED) is 0.259. The zero-order valence-corrected chi connectivity index (χ0v) is 16.7. The molecule has 0 radical (unpaired) electrons. The van der Waals surface area contributed by atoms with E-state index >= 15 is 0 Å². The molecule has 4 aromatic heterocycles. The molecule has 154 valence electrons. The van der Waals surface area contributed by atoms with Crippen LogP contribution in [0.1, 0.15) is 18.7 Å². The molecule has 0 aliphatic carbocycles. The molecule has 0 amide bonds. The number of halogens is 1. The van der Waals surface area contributed by atoms with Crippen molar-refractivity contribution in [2.24, 2.45) is 0 Å². The lowest BCUT2D eigenvalue weighted by Gasteiger charge is -2.09. The van der Waals surface area contributed by atoms with Crippen LogP contribution in [0.3, 0.4) is 0 Å². The molecule has 10 nitrogen and oxygen atoms in total. The van der Waals surface area contributed by atoms with E-state index in [-0.39, 0.29) is 29.5 Å². The summed E-state index contributed by atoms with van der Waals surface area (Å²) in [6, 6.07) is 5.45. The van der Waals surface area contributed by atoms with Gasteiger partial charge in [0.2, 0.25) is 17.0 Å². The Morgan fingerprint density at radius 2 is 2.07 bits per heavy atom. The highest BCUT2D eigenvalue weighted by molar-refractivity contribution is 6.28. The van der Waals surface area contributed by atoms with Gasteiger partial charge in [-0.25, -0.2) is 4.79 Å². The lowest BCUT2D eigenvalue weighted by molar-refractivity contribution is 0.372. The van der Waals surface area contributed by atoms with Gasteiger partial charge in [-0.2, -0.15) is 9.97 Å². The number of aromatic amines is 1. The lowest BCUT2D eigenvalue weighted by Crippen LogP contribution is -2.40. The van der Waals surface area contributed by atoms with Crippen LogP contribution in [0.25, 0.3) is 22.7 Å². The minimum atomic E-state index is -0.454. The topological polar surface area (TPSA) is 124 Å². The summed E-state index contributed by atoms with van der Waals surface area (Å²) in [6.45, 7) is 4.11. The van der Waals surface area contributed by atoms with Crippen molar-refractivity contribution in [2.75, 3.05) is 0 Å². The van der Waals surface area contributed by atoms with E-state index in [9.17, 15) is 9.59 Å². The van der Waals surface area contributed by atoms with E-state index in [0.717, 1.165) is 0 Å². The van der Waals surface area contributed by atoms with Crippen molar-refractivity contribution >= 4 is 22.8 Å². The number of hydrogen-bond donors (Lipinski definition) is 1. The highest BCUT2D eigenvalue weighted by atomic mass is 35.5. The van der Waals surface area contributed by atoms with Crippen molar-refractivity contribution in [3.63, 3.8) is 0 Å². The van der Waals surface area contributed by atoms with E-state index in [0.29, 0.717) is 36.7 Å². The van der Waals surface area contributed by atoms with E-state index in [4.69, 9.17) is 16.1 Å². The maximum absolute atomic E-state index is 12.8. The number of pyridine rings is 1. The van der Waals surface area contributed by atoms with Crippen molar-refractivity contribution < 1.29 is 4.52 Å². The Morgan fingerprint density at radius 1 is 1.20 bits per heavy atom. The zero-order chi connectivity index (χ0) is 21.1. The fourth-order valence-corrected chi connectivity index (χ4v) is 3.31. The van der Waals surface area contributed by atoms with Crippen LogP contribution in [0, 0.1) is 0 Å². The monoisotopic (exact) mass is 427 g/mol. The highest BCUT2D eigenvalue weighted by Crippen LogP contribution is 2.13.